The second-order valence-corrected chi connectivity index (χ2v) is 6.44. The van der Waals surface area contributed by atoms with Crippen molar-refractivity contribution in [2.75, 3.05) is 6.61 Å². The molecule has 0 radical (unpaired) electrons. The molecule has 0 spiro atoms. The van der Waals surface area contributed by atoms with E-state index in [9.17, 15) is 4.79 Å². The number of carbonyl (C=O) groups excluding carboxylic acids is 1. The van der Waals surface area contributed by atoms with Crippen molar-refractivity contribution in [2.45, 2.75) is 13.5 Å². The van der Waals surface area contributed by atoms with E-state index < -0.39 is 0 Å². The maximum Gasteiger partial charge on any atom is 0.355 e. The second-order valence-electron chi connectivity index (χ2n) is 6.44. The number of carbonyl (C=O) groups is 1. The lowest BCUT2D eigenvalue weighted by Gasteiger charge is -2.08. The van der Waals surface area contributed by atoms with Crippen LogP contribution in [0.4, 0.5) is 0 Å². The summed E-state index contributed by atoms with van der Waals surface area (Å²) in [6.45, 7) is 2.62. The molecule has 0 saturated heterocycles. The highest BCUT2D eigenvalue weighted by molar-refractivity contribution is 6.08. The van der Waals surface area contributed by atoms with Crippen molar-refractivity contribution in [1.82, 2.24) is 4.98 Å². The smallest absolute Gasteiger partial charge is 0.355 e. The minimum atomic E-state index is -0.357. The second kappa shape index (κ2) is 8.01. The Bertz CT molecular complexity index is 1090. The van der Waals surface area contributed by atoms with Gasteiger partial charge in [-0.05, 0) is 36.2 Å². The third kappa shape index (κ3) is 3.62. The molecular weight excluding hydrogens is 350 g/mol. The Morgan fingerprint density at radius 2 is 1.64 bits per heavy atom. The number of rotatable bonds is 6. The van der Waals surface area contributed by atoms with Gasteiger partial charge >= 0.3 is 5.97 Å². The molecule has 0 saturated carbocycles. The molecule has 0 fully saturated rings. The lowest BCUT2D eigenvalue weighted by Crippen LogP contribution is -2.06. The molecule has 4 aromatic rings. The van der Waals surface area contributed by atoms with Crippen LogP contribution < -0.4 is 4.74 Å². The molecule has 1 heterocycles. The summed E-state index contributed by atoms with van der Waals surface area (Å²) in [6, 6.07) is 25.7. The van der Waals surface area contributed by atoms with Gasteiger partial charge in [0, 0.05) is 16.5 Å². The molecule has 4 rings (SSSR count). The molecule has 0 atom stereocenters. The minimum absolute atomic E-state index is 0.327. The van der Waals surface area contributed by atoms with Crippen LogP contribution in [0, 0.1) is 0 Å². The van der Waals surface area contributed by atoms with E-state index in [4.69, 9.17) is 9.47 Å². The summed E-state index contributed by atoms with van der Waals surface area (Å²) >= 11 is 0. The van der Waals surface area contributed by atoms with Crippen molar-refractivity contribution in [2.24, 2.45) is 0 Å². The monoisotopic (exact) mass is 371 g/mol. The molecule has 0 unspecified atom stereocenters. The van der Waals surface area contributed by atoms with E-state index in [0.717, 1.165) is 33.3 Å². The number of H-pyrrole nitrogens is 1. The Morgan fingerprint density at radius 3 is 2.36 bits per heavy atom. The van der Waals surface area contributed by atoms with Crippen LogP contribution in [0.2, 0.25) is 0 Å². The van der Waals surface area contributed by atoms with Crippen molar-refractivity contribution in [3.63, 3.8) is 0 Å². The highest BCUT2D eigenvalue weighted by atomic mass is 16.5. The van der Waals surface area contributed by atoms with Crippen molar-refractivity contribution in [1.29, 1.82) is 0 Å². The van der Waals surface area contributed by atoms with Gasteiger partial charge in [0.05, 0.1) is 6.61 Å². The molecule has 28 heavy (non-hydrogen) atoms. The number of aromatic nitrogens is 1. The Labute approximate surface area is 163 Å². The lowest BCUT2D eigenvalue weighted by molar-refractivity contribution is 0.0521. The molecule has 0 bridgehead atoms. The third-order valence-corrected chi connectivity index (χ3v) is 4.56. The van der Waals surface area contributed by atoms with E-state index in [2.05, 4.69) is 4.98 Å². The zero-order chi connectivity index (χ0) is 19.3. The number of nitrogens with one attached hydrogen (secondary N) is 1. The molecule has 0 aliphatic carbocycles. The number of benzene rings is 3. The molecular formula is C24H21NO3. The van der Waals surface area contributed by atoms with Crippen LogP contribution >= 0.6 is 0 Å². The first kappa shape index (κ1) is 17.9. The first-order chi connectivity index (χ1) is 13.8. The van der Waals surface area contributed by atoms with Crippen molar-refractivity contribution in [3.8, 4) is 16.9 Å². The van der Waals surface area contributed by atoms with Crippen LogP contribution in [-0.4, -0.2) is 17.6 Å². The van der Waals surface area contributed by atoms with Crippen molar-refractivity contribution < 1.29 is 14.3 Å². The van der Waals surface area contributed by atoms with E-state index in [-0.39, 0.29) is 5.97 Å². The Balaban J connectivity index is 1.75. The molecule has 1 aromatic heterocycles. The summed E-state index contributed by atoms with van der Waals surface area (Å²) in [7, 11) is 0. The van der Waals surface area contributed by atoms with Gasteiger partial charge in [-0.25, -0.2) is 4.79 Å². The van der Waals surface area contributed by atoms with Crippen LogP contribution in [0.15, 0.2) is 78.9 Å². The van der Waals surface area contributed by atoms with Gasteiger partial charge < -0.3 is 14.5 Å². The highest BCUT2D eigenvalue weighted by Crippen LogP contribution is 2.35. The molecule has 0 aliphatic heterocycles. The van der Waals surface area contributed by atoms with E-state index in [1.165, 1.54) is 0 Å². The van der Waals surface area contributed by atoms with E-state index >= 15 is 0 Å². The van der Waals surface area contributed by atoms with Gasteiger partial charge in [-0.2, -0.15) is 0 Å². The number of hydrogen-bond acceptors (Lipinski definition) is 3. The quantitative estimate of drug-likeness (QED) is 0.450. The molecule has 1 N–H and O–H groups in total. The highest BCUT2D eigenvalue weighted by Gasteiger charge is 2.20. The topological polar surface area (TPSA) is 51.3 Å². The van der Waals surface area contributed by atoms with Crippen LogP contribution in [0.25, 0.3) is 22.0 Å². The first-order valence-corrected chi connectivity index (χ1v) is 9.31. The maximum atomic E-state index is 12.5. The third-order valence-electron chi connectivity index (χ3n) is 4.56. The van der Waals surface area contributed by atoms with E-state index in [1.54, 1.807) is 6.92 Å². The summed E-state index contributed by atoms with van der Waals surface area (Å²) in [5.74, 6) is 0.396. The van der Waals surface area contributed by atoms with Crippen LogP contribution in [0.5, 0.6) is 5.75 Å². The summed E-state index contributed by atoms with van der Waals surface area (Å²) in [5, 5.41) is 0.930. The number of fused-ring (bicyclic) bond motifs is 1. The van der Waals surface area contributed by atoms with Gasteiger partial charge in [-0.3, -0.25) is 0 Å². The molecule has 0 amide bonds. The Hall–Kier alpha value is -3.53. The van der Waals surface area contributed by atoms with Crippen LogP contribution in [0.1, 0.15) is 23.0 Å². The maximum absolute atomic E-state index is 12.5. The average molecular weight is 371 g/mol. The summed E-state index contributed by atoms with van der Waals surface area (Å²) < 4.78 is 11.2. The first-order valence-electron chi connectivity index (χ1n) is 9.31. The average Bonchev–Trinajstić information content (AvgIpc) is 3.13. The van der Waals surface area contributed by atoms with Gasteiger partial charge in [0.25, 0.3) is 0 Å². The predicted octanol–water partition coefficient (Wildman–Crippen LogP) is 5.59. The molecule has 0 aliphatic rings. The van der Waals surface area contributed by atoms with Crippen molar-refractivity contribution in [3.05, 3.63) is 90.1 Å². The van der Waals surface area contributed by atoms with Gasteiger partial charge in [0.15, 0.2) is 0 Å². The van der Waals surface area contributed by atoms with E-state index in [0.29, 0.717) is 18.9 Å². The fourth-order valence-corrected chi connectivity index (χ4v) is 3.26. The molecule has 140 valence electrons. The number of aromatic amines is 1. The normalized spacial score (nSPS) is 10.8. The lowest BCUT2D eigenvalue weighted by atomic mass is 10.0. The van der Waals surface area contributed by atoms with Crippen LogP contribution in [-0.2, 0) is 11.3 Å². The number of esters is 1. The van der Waals surface area contributed by atoms with Crippen molar-refractivity contribution >= 4 is 16.9 Å². The predicted molar refractivity (Wildman–Crippen MR) is 110 cm³/mol. The SMILES string of the molecule is CCOC(=O)c1[nH]c2ccc(OCc3ccccc3)cc2c1-c1ccccc1. The summed E-state index contributed by atoms with van der Waals surface area (Å²) in [4.78, 5) is 15.7. The standard InChI is InChI=1S/C24H21NO3/c1-2-27-24(26)23-22(18-11-7-4-8-12-18)20-15-19(13-14-21(20)25-23)28-16-17-9-5-3-6-10-17/h3-15,25H,2,16H2,1H3. The largest absolute Gasteiger partial charge is 0.489 e. The number of ether oxygens (including phenoxy) is 2. The fourth-order valence-electron chi connectivity index (χ4n) is 3.26. The Morgan fingerprint density at radius 1 is 0.929 bits per heavy atom. The van der Waals surface area contributed by atoms with E-state index in [1.807, 2.05) is 78.9 Å². The number of hydrogen-bond donors (Lipinski definition) is 1. The van der Waals surface area contributed by atoms with Gasteiger partial charge in [-0.1, -0.05) is 60.7 Å². The summed E-state index contributed by atoms with van der Waals surface area (Å²) in [6.07, 6.45) is 0. The minimum Gasteiger partial charge on any atom is -0.489 e. The summed E-state index contributed by atoms with van der Waals surface area (Å²) in [5.41, 5.74) is 4.22. The van der Waals surface area contributed by atoms with Crippen LogP contribution in [0.3, 0.4) is 0 Å². The van der Waals surface area contributed by atoms with Gasteiger partial charge in [0.1, 0.15) is 18.1 Å². The molecule has 4 nitrogen and oxygen atoms in total. The van der Waals surface area contributed by atoms with Gasteiger partial charge in [-0.15, -0.1) is 0 Å². The fraction of sp³-hybridized carbons (Fsp3) is 0.125. The molecule has 3 aromatic carbocycles. The zero-order valence-electron chi connectivity index (χ0n) is 15.6. The molecule has 4 heteroatoms. The van der Waals surface area contributed by atoms with Gasteiger partial charge in [0.2, 0.25) is 0 Å². The zero-order valence-corrected chi connectivity index (χ0v) is 15.6. The Kier molecular flexibility index (Phi) is 5.11.